The molecule has 0 bridgehead atoms. The number of hydrogen-bond acceptors (Lipinski definition) is 7. The number of esters is 1. The Morgan fingerprint density at radius 2 is 2.08 bits per heavy atom. The van der Waals surface area contributed by atoms with Crippen LogP contribution in [0.2, 0.25) is 0 Å². The minimum absolute atomic E-state index is 0.0749. The number of anilines is 1. The molecule has 7 nitrogen and oxygen atoms in total. The fourth-order valence-electron chi connectivity index (χ4n) is 2.24. The van der Waals surface area contributed by atoms with Crippen molar-refractivity contribution in [2.24, 2.45) is 0 Å². The fourth-order valence-corrected chi connectivity index (χ4v) is 2.60. The van der Waals surface area contributed by atoms with Crippen LogP contribution in [0, 0.1) is 0 Å². The summed E-state index contributed by atoms with van der Waals surface area (Å²) in [5.74, 6) is -0.798. The summed E-state index contributed by atoms with van der Waals surface area (Å²) in [6.07, 6.45) is 0. The Labute approximate surface area is 147 Å². The molecule has 0 fully saturated rings. The molecule has 2 rings (SSSR count). The average molecular weight is 397 g/mol. The van der Waals surface area contributed by atoms with E-state index < -0.39 is 11.6 Å². The van der Waals surface area contributed by atoms with E-state index in [2.05, 4.69) is 21.1 Å². The van der Waals surface area contributed by atoms with Crippen LogP contribution in [0.5, 0.6) is 5.75 Å². The lowest BCUT2D eigenvalue weighted by Crippen LogP contribution is -2.17. The molecular weight excluding hydrogens is 380 g/mol. The Kier molecular flexibility index (Phi) is 5.61. The van der Waals surface area contributed by atoms with Gasteiger partial charge in [-0.15, -0.1) is 0 Å². The van der Waals surface area contributed by atoms with Gasteiger partial charge in [-0.3, -0.25) is 0 Å². The Morgan fingerprint density at radius 3 is 2.67 bits per heavy atom. The van der Waals surface area contributed by atoms with Gasteiger partial charge in [0.05, 0.1) is 19.3 Å². The lowest BCUT2D eigenvalue weighted by Gasteiger charge is -2.20. The Bertz CT molecular complexity index is 817. The molecule has 0 atom stereocenters. The molecule has 0 saturated heterocycles. The van der Waals surface area contributed by atoms with Crippen LogP contribution in [0.1, 0.15) is 17.4 Å². The zero-order valence-corrected chi connectivity index (χ0v) is 15.3. The maximum absolute atomic E-state index is 12.1. The van der Waals surface area contributed by atoms with Gasteiger partial charge < -0.3 is 18.9 Å². The molecule has 0 aliphatic rings. The highest BCUT2D eigenvalue weighted by Gasteiger charge is 2.27. The third-order valence-corrected chi connectivity index (χ3v) is 3.74. The van der Waals surface area contributed by atoms with Gasteiger partial charge in [0, 0.05) is 29.8 Å². The van der Waals surface area contributed by atoms with Gasteiger partial charge in [0.15, 0.2) is 5.69 Å². The minimum atomic E-state index is -0.760. The van der Waals surface area contributed by atoms with E-state index in [0.717, 1.165) is 10.2 Å². The highest BCUT2D eigenvalue weighted by Crippen LogP contribution is 2.38. The van der Waals surface area contributed by atoms with Gasteiger partial charge in [0.1, 0.15) is 0 Å². The first kappa shape index (κ1) is 18.0. The number of benzene rings is 1. The first-order chi connectivity index (χ1) is 11.4. The van der Waals surface area contributed by atoms with Crippen LogP contribution in [-0.4, -0.2) is 38.9 Å². The quantitative estimate of drug-likeness (QED) is 0.718. The third-order valence-electron chi connectivity index (χ3n) is 3.25. The number of hydrogen-bond donors (Lipinski definition) is 0. The van der Waals surface area contributed by atoms with Crippen molar-refractivity contribution in [2.75, 3.05) is 32.7 Å². The topological polar surface area (TPSA) is 81.9 Å². The van der Waals surface area contributed by atoms with Crippen molar-refractivity contribution in [1.82, 2.24) is 5.16 Å². The smallest absolute Gasteiger partial charge is 0.400 e. The molecule has 1 aromatic carbocycles. The molecule has 0 aliphatic carbocycles. The van der Waals surface area contributed by atoms with E-state index >= 15 is 0 Å². The van der Waals surface area contributed by atoms with Gasteiger partial charge in [0.2, 0.25) is 5.75 Å². The number of carbonyl (C=O) groups excluding carboxylic acids is 1. The van der Waals surface area contributed by atoms with Crippen LogP contribution in [0.25, 0.3) is 11.1 Å². The van der Waals surface area contributed by atoms with Crippen molar-refractivity contribution in [1.29, 1.82) is 0 Å². The number of methoxy groups -OCH3 is 1. The van der Waals surface area contributed by atoms with E-state index in [4.69, 9.17) is 14.0 Å². The maximum Gasteiger partial charge on any atom is 0.400 e. The normalized spacial score (nSPS) is 10.4. The Balaban J connectivity index is 2.90. The highest BCUT2D eigenvalue weighted by atomic mass is 79.9. The molecule has 0 unspecified atom stereocenters. The van der Waals surface area contributed by atoms with Crippen LogP contribution < -0.4 is 15.3 Å². The largest absolute Gasteiger partial charge is 0.486 e. The number of nitrogens with zero attached hydrogens (tertiary/aromatic N) is 2. The standard InChI is InChI=1S/C16H17BrN2O5/c1-5-23-14-12(13(15(20)22-4)18-24-16(14)21)10-8-9(17)6-7-11(10)19(2)3/h6-8H,5H2,1-4H3. The van der Waals surface area contributed by atoms with Crippen LogP contribution in [-0.2, 0) is 4.74 Å². The predicted octanol–water partition coefficient (Wildman–Crippen LogP) is 2.72. The molecule has 0 spiro atoms. The van der Waals surface area contributed by atoms with Gasteiger partial charge in [-0.05, 0) is 25.1 Å². The van der Waals surface area contributed by atoms with Gasteiger partial charge in [-0.1, -0.05) is 21.1 Å². The zero-order chi connectivity index (χ0) is 17.9. The van der Waals surface area contributed by atoms with Crippen molar-refractivity contribution in [2.45, 2.75) is 6.92 Å². The van der Waals surface area contributed by atoms with E-state index in [9.17, 15) is 9.59 Å². The minimum Gasteiger partial charge on any atom is -0.486 e. The summed E-state index contributed by atoms with van der Waals surface area (Å²) in [7, 11) is 4.93. The van der Waals surface area contributed by atoms with Crippen LogP contribution >= 0.6 is 15.9 Å². The lowest BCUT2D eigenvalue weighted by molar-refractivity contribution is 0.0583. The lowest BCUT2D eigenvalue weighted by atomic mass is 10.0. The number of aromatic nitrogens is 1. The number of ether oxygens (including phenoxy) is 2. The summed E-state index contributed by atoms with van der Waals surface area (Å²) in [6, 6.07) is 5.49. The number of rotatable bonds is 5. The van der Waals surface area contributed by atoms with Gasteiger partial charge >= 0.3 is 11.6 Å². The molecule has 0 amide bonds. The second kappa shape index (κ2) is 7.48. The van der Waals surface area contributed by atoms with Crippen LogP contribution in [0.3, 0.4) is 0 Å². The van der Waals surface area contributed by atoms with Crippen molar-refractivity contribution < 1.29 is 18.8 Å². The Morgan fingerprint density at radius 1 is 1.38 bits per heavy atom. The maximum atomic E-state index is 12.1. The molecule has 24 heavy (non-hydrogen) atoms. The summed E-state index contributed by atoms with van der Waals surface area (Å²) in [5, 5.41) is 3.62. The Hall–Kier alpha value is -2.35. The SMILES string of the molecule is CCOc1c(-c2cc(Br)ccc2N(C)C)c(C(=O)OC)noc1=O. The van der Waals surface area contributed by atoms with Crippen molar-refractivity contribution in [3.63, 3.8) is 0 Å². The fraction of sp³-hybridized carbons (Fsp3) is 0.312. The summed E-state index contributed by atoms with van der Waals surface area (Å²) in [6.45, 7) is 1.96. The third kappa shape index (κ3) is 3.43. The van der Waals surface area contributed by atoms with Crippen LogP contribution in [0.15, 0.2) is 32.0 Å². The molecule has 1 aromatic heterocycles. The number of halogens is 1. The first-order valence-electron chi connectivity index (χ1n) is 7.13. The summed E-state index contributed by atoms with van der Waals surface area (Å²) in [5.41, 5.74) is 0.728. The molecular formula is C16H17BrN2O5. The molecule has 1 heterocycles. The molecule has 0 radical (unpaired) electrons. The van der Waals surface area contributed by atoms with E-state index in [1.54, 1.807) is 13.0 Å². The summed E-state index contributed by atoms with van der Waals surface area (Å²) in [4.78, 5) is 26.1. The van der Waals surface area contributed by atoms with E-state index in [0.29, 0.717) is 5.56 Å². The van der Waals surface area contributed by atoms with Crippen LogP contribution in [0.4, 0.5) is 5.69 Å². The van der Waals surface area contributed by atoms with Gasteiger partial charge in [-0.2, -0.15) is 0 Å². The summed E-state index contributed by atoms with van der Waals surface area (Å²) >= 11 is 3.41. The summed E-state index contributed by atoms with van der Waals surface area (Å²) < 4.78 is 15.7. The first-order valence-corrected chi connectivity index (χ1v) is 7.92. The molecule has 0 N–H and O–H groups in total. The second-order valence-corrected chi connectivity index (χ2v) is 5.92. The average Bonchev–Trinajstić information content (AvgIpc) is 2.55. The van der Waals surface area contributed by atoms with Crippen molar-refractivity contribution >= 4 is 27.6 Å². The van der Waals surface area contributed by atoms with E-state index in [-0.39, 0.29) is 23.6 Å². The molecule has 2 aromatic rings. The zero-order valence-electron chi connectivity index (χ0n) is 13.8. The van der Waals surface area contributed by atoms with E-state index in [1.165, 1.54) is 7.11 Å². The highest BCUT2D eigenvalue weighted by molar-refractivity contribution is 9.10. The van der Waals surface area contributed by atoms with Crippen molar-refractivity contribution in [3.8, 4) is 16.9 Å². The van der Waals surface area contributed by atoms with Gasteiger partial charge in [0.25, 0.3) is 0 Å². The second-order valence-electron chi connectivity index (χ2n) is 5.00. The molecule has 0 aliphatic heterocycles. The monoisotopic (exact) mass is 396 g/mol. The molecule has 128 valence electrons. The van der Waals surface area contributed by atoms with Gasteiger partial charge in [-0.25, -0.2) is 9.59 Å². The van der Waals surface area contributed by atoms with E-state index in [1.807, 2.05) is 31.1 Å². The molecule has 8 heteroatoms. The molecule has 0 saturated carbocycles. The van der Waals surface area contributed by atoms with Crippen molar-refractivity contribution in [3.05, 3.63) is 38.8 Å². The number of carbonyl (C=O) groups is 1. The predicted molar refractivity (Wildman–Crippen MR) is 92.7 cm³/mol.